The van der Waals surface area contributed by atoms with Gasteiger partial charge in [0.05, 0.1) is 21.5 Å². The molecule has 1 heterocycles. The largest absolute Gasteiger partial charge is 0.363 e. The van der Waals surface area contributed by atoms with Crippen molar-refractivity contribution in [2.75, 3.05) is 29.6 Å². The molecule has 164 valence electrons. The number of rotatable bonds is 7. The van der Waals surface area contributed by atoms with Crippen molar-refractivity contribution in [3.8, 4) is 0 Å². The predicted molar refractivity (Wildman–Crippen MR) is 119 cm³/mol. The highest BCUT2D eigenvalue weighted by Crippen LogP contribution is 2.24. The molecular weight excluding hydrogens is 418 g/mol. The molecule has 0 aliphatic heterocycles. The van der Waals surface area contributed by atoms with E-state index in [2.05, 4.69) is 20.6 Å². The Morgan fingerprint density at radius 3 is 2.00 bits per heavy atom. The van der Waals surface area contributed by atoms with Crippen LogP contribution in [0.15, 0.2) is 48.5 Å². The summed E-state index contributed by atoms with van der Waals surface area (Å²) in [5, 5.41) is 27.7. The van der Waals surface area contributed by atoms with Crippen molar-refractivity contribution < 1.29 is 14.6 Å². The van der Waals surface area contributed by atoms with Crippen molar-refractivity contribution >= 4 is 40.4 Å². The molecule has 1 aromatic heterocycles. The number of carbonyl (C=O) groups is 1. The molecule has 0 aliphatic carbocycles. The van der Waals surface area contributed by atoms with E-state index in [-0.39, 0.29) is 5.56 Å². The van der Waals surface area contributed by atoms with E-state index in [1.807, 2.05) is 32.0 Å². The molecule has 0 saturated carbocycles. The summed E-state index contributed by atoms with van der Waals surface area (Å²) in [5.74, 6) is 0.444. The topological polar surface area (TPSA) is 156 Å². The average molecular weight is 437 g/mol. The number of aromatic nitrogens is 2. The van der Waals surface area contributed by atoms with E-state index in [4.69, 9.17) is 0 Å². The van der Waals surface area contributed by atoms with E-state index in [1.165, 1.54) is 0 Å². The Bertz CT molecular complexity index is 1160. The van der Waals surface area contributed by atoms with Gasteiger partial charge >= 0.3 is 0 Å². The average Bonchev–Trinajstić information content (AvgIpc) is 2.74. The summed E-state index contributed by atoms with van der Waals surface area (Å²) >= 11 is 0. The number of nitrogens with one attached hydrogen (secondary N) is 2. The van der Waals surface area contributed by atoms with Crippen LogP contribution in [0, 0.1) is 27.2 Å². The van der Waals surface area contributed by atoms with Gasteiger partial charge in [0.2, 0.25) is 5.95 Å². The molecule has 0 atom stereocenters. The fourth-order valence-electron chi connectivity index (χ4n) is 2.74. The number of amides is 1. The predicted octanol–water partition coefficient (Wildman–Crippen LogP) is 3.66. The number of nitro benzene ring substituents is 2. The second-order valence-corrected chi connectivity index (χ2v) is 6.99. The Morgan fingerprint density at radius 1 is 0.906 bits per heavy atom. The van der Waals surface area contributed by atoms with Crippen LogP contribution < -0.4 is 15.5 Å². The first kappa shape index (κ1) is 22.1. The molecule has 0 bridgehead atoms. The number of aryl methyl sites for hydroxylation is 1. The minimum Gasteiger partial charge on any atom is -0.363 e. The monoisotopic (exact) mass is 437 g/mol. The minimum atomic E-state index is -0.792. The Morgan fingerprint density at radius 2 is 1.47 bits per heavy atom. The third-order valence-electron chi connectivity index (χ3n) is 4.28. The fourth-order valence-corrected chi connectivity index (χ4v) is 2.74. The zero-order valence-corrected chi connectivity index (χ0v) is 17.4. The third-order valence-corrected chi connectivity index (χ3v) is 4.28. The summed E-state index contributed by atoms with van der Waals surface area (Å²) in [6, 6.07) is 11.2. The number of hydrogen-bond donors (Lipinski definition) is 2. The quantitative estimate of drug-likeness (QED) is 0.416. The van der Waals surface area contributed by atoms with Gasteiger partial charge in [-0.25, -0.2) is 4.98 Å². The number of nitrogens with zero attached hydrogens (tertiary/aromatic N) is 5. The van der Waals surface area contributed by atoms with Crippen LogP contribution in [0.25, 0.3) is 0 Å². The van der Waals surface area contributed by atoms with Crippen LogP contribution in [0.4, 0.5) is 34.5 Å². The Kier molecular flexibility index (Phi) is 6.24. The summed E-state index contributed by atoms with van der Waals surface area (Å²) in [7, 11) is 3.75. The fraction of sp³-hybridized carbons (Fsp3) is 0.150. The molecular formula is C20H19N7O5. The highest BCUT2D eigenvalue weighted by atomic mass is 16.6. The summed E-state index contributed by atoms with van der Waals surface area (Å²) in [4.78, 5) is 43.5. The standard InChI is InChI=1S/C20H19N7O5/c1-12-8-18(25(2)3)24-20(21-12)23-15-6-4-14(5-7-15)22-19(28)13-9-16(26(29)30)11-17(10-13)27(31)32/h4-11H,1-3H3,(H,22,28)(H,21,23,24). The van der Waals surface area contributed by atoms with Crippen LogP contribution in [0.5, 0.6) is 0 Å². The summed E-state index contributed by atoms with van der Waals surface area (Å²) in [5.41, 5.74) is 0.579. The normalized spacial score (nSPS) is 10.3. The molecule has 1 amide bonds. The maximum absolute atomic E-state index is 12.5. The highest BCUT2D eigenvalue weighted by Gasteiger charge is 2.20. The van der Waals surface area contributed by atoms with Gasteiger partial charge in [0.25, 0.3) is 17.3 Å². The van der Waals surface area contributed by atoms with Crippen molar-refractivity contribution in [1.82, 2.24) is 9.97 Å². The van der Waals surface area contributed by atoms with Crippen molar-refractivity contribution in [3.63, 3.8) is 0 Å². The molecule has 0 radical (unpaired) electrons. The second-order valence-electron chi connectivity index (χ2n) is 6.99. The van der Waals surface area contributed by atoms with Gasteiger partial charge in [0.15, 0.2) is 0 Å². The number of benzene rings is 2. The van der Waals surface area contributed by atoms with E-state index in [1.54, 1.807) is 24.3 Å². The van der Waals surface area contributed by atoms with Gasteiger partial charge in [-0.15, -0.1) is 0 Å². The number of hydrogen-bond acceptors (Lipinski definition) is 9. The van der Waals surface area contributed by atoms with Gasteiger partial charge in [-0.1, -0.05) is 0 Å². The zero-order chi connectivity index (χ0) is 23.4. The molecule has 2 aromatic carbocycles. The van der Waals surface area contributed by atoms with Crippen LogP contribution in [0.3, 0.4) is 0 Å². The van der Waals surface area contributed by atoms with Gasteiger partial charge < -0.3 is 15.5 Å². The van der Waals surface area contributed by atoms with E-state index in [0.29, 0.717) is 17.3 Å². The first-order chi connectivity index (χ1) is 15.1. The van der Waals surface area contributed by atoms with Crippen LogP contribution in [0.1, 0.15) is 16.1 Å². The lowest BCUT2D eigenvalue weighted by Gasteiger charge is -2.14. The minimum absolute atomic E-state index is 0.197. The Labute approximate surface area is 182 Å². The van der Waals surface area contributed by atoms with Gasteiger partial charge in [0, 0.05) is 49.4 Å². The number of nitro groups is 2. The molecule has 0 fully saturated rings. The SMILES string of the molecule is Cc1cc(N(C)C)nc(Nc2ccc(NC(=O)c3cc([N+](=O)[O-])cc([N+](=O)[O-])c3)cc2)n1. The van der Waals surface area contributed by atoms with Crippen molar-refractivity contribution in [2.45, 2.75) is 6.92 Å². The molecule has 0 unspecified atom stereocenters. The number of anilines is 4. The van der Waals surface area contributed by atoms with Crippen LogP contribution in [0.2, 0.25) is 0 Å². The van der Waals surface area contributed by atoms with Crippen molar-refractivity contribution in [3.05, 3.63) is 80.0 Å². The molecule has 2 N–H and O–H groups in total. The van der Waals surface area contributed by atoms with Crippen LogP contribution >= 0.6 is 0 Å². The van der Waals surface area contributed by atoms with Gasteiger partial charge in [-0.2, -0.15) is 4.98 Å². The Balaban J connectivity index is 1.76. The van der Waals surface area contributed by atoms with Crippen LogP contribution in [-0.4, -0.2) is 39.8 Å². The molecule has 0 spiro atoms. The maximum atomic E-state index is 12.5. The summed E-state index contributed by atoms with van der Waals surface area (Å²) in [6.07, 6.45) is 0. The van der Waals surface area contributed by atoms with E-state index in [0.717, 1.165) is 29.7 Å². The summed E-state index contributed by atoms with van der Waals surface area (Å²) in [6.45, 7) is 1.86. The van der Waals surface area contributed by atoms with E-state index < -0.39 is 27.1 Å². The second kappa shape index (κ2) is 9.04. The molecule has 12 heteroatoms. The van der Waals surface area contributed by atoms with Gasteiger partial charge in [-0.05, 0) is 31.2 Å². The van der Waals surface area contributed by atoms with Crippen molar-refractivity contribution in [2.24, 2.45) is 0 Å². The highest BCUT2D eigenvalue weighted by molar-refractivity contribution is 6.05. The maximum Gasteiger partial charge on any atom is 0.277 e. The first-order valence-corrected chi connectivity index (χ1v) is 9.27. The number of non-ortho nitro benzene ring substituents is 2. The van der Waals surface area contributed by atoms with E-state index >= 15 is 0 Å². The Hall–Kier alpha value is -4.61. The van der Waals surface area contributed by atoms with E-state index in [9.17, 15) is 25.0 Å². The third kappa shape index (κ3) is 5.30. The lowest BCUT2D eigenvalue weighted by molar-refractivity contribution is -0.394. The zero-order valence-electron chi connectivity index (χ0n) is 17.4. The molecule has 0 saturated heterocycles. The smallest absolute Gasteiger partial charge is 0.277 e. The lowest BCUT2D eigenvalue weighted by Crippen LogP contribution is -2.13. The van der Waals surface area contributed by atoms with Crippen LogP contribution in [-0.2, 0) is 0 Å². The molecule has 3 aromatic rings. The van der Waals surface area contributed by atoms with Gasteiger partial charge in [0.1, 0.15) is 5.82 Å². The summed E-state index contributed by atoms with van der Waals surface area (Å²) < 4.78 is 0. The lowest BCUT2D eigenvalue weighted by atomic mass is 10.1. The molecule has 3 rings (SSSR count). The first-order valence-electron chi connectivity index (χ1n) is 9.27. The number of carbonyl (C=O) groups excluding carboxylic acids is 1. The molecule has 32 heavy (non-hydrogen) atoms. The molecule has 0 aliphatic rings. The van der Waals surface area contributed by atoms with Gasteiger partial charge in [-0.3, -0.25) is 25.0 Å². The van der Waals surface area contributed by atoms with Crippen molar-refractivity contribution in [1.29, 1.82) is 0 Å². The molecule has 12 nitrogen and oxygen atoms in total.